The van der Waals surface area contributed by atoms with Crippen molar-refractivity contribution in [3.05, 3.63) is 0 Å². The molecule has 1 aliphatic heterocycles. The molecule has 1 heterocycles. The molecule has 0 aromatic rings. The van der Waals surface area contributed by atoms with Gasteiger partial charge in [0.2, 0.25) is 0 Å². The minimum absolute atomic E-state index is 0.422. The number of hydrogen-bond acceptors (Lipinski definition) is 2. The quantitative estimate of drug-likeness (QED) is 0.667. The average Bonchev–Trinajstić information content (AvgIpc) is 1.94. The van der Waals surface area contributed by atoms with Crippen molar-refractivity contribution in [1.29, 1.82) is 0 Å². The zero-order valence-electron chi connectivity index (χ0n) is 9.72. The first-order valence-corrected chi connectivity index (χ1v) is 5.36. The van der Waals surface area contributed by atoms with E-state index in [1.165, 1.54) is 13.1 Å². The highest BCUT2D eigenvalue weighted by Crippen LogP contribution is 2.18. The van der Waals surface area contributed by atoms with Gasteiger partial charge in [0.1, 0.15) is 0 Å². The molecule has 1 fully saturated rings. The molecule has 1 aliphatic rings. The van der Waals surface area contributed by atoms with Crippen molar-refractivity contribution in [3.8, 4) is 0 Å². The number of nitrogens with one attached hydrogen (secondary N) is 1. The van der Waals surface area contributed by atoms with Gasteiger partial charge in [-0.2, -0.15) is 0 Å². The van der Waals surface area contributed by atoms with E-state index in [-0.39, 0.29) is 0 Å². The van der Waals surface area contributed by atoms with Gasteiger partial charge in [-0.1, -0.05) is 20.8 Å². The third-order valence-corrected chi connectivity index (χ3v) is 2.57. The lowest BCUT2D eigenvalue weighted by Crippen LogP contribution is -2.55. The Bertz CT molecular complexity index is 160. The van der Waals surface area contributed by atoms with E-state index in [9.17, 15) is 0 Å². The van der Waals surface area contributed by atoms with Crippen LogP contribution in [0.25, 0.3) is 0 Å². The Balaban J connectivity index is 2.47. The molecular formula is C11H24N2. The van der Waals surface area contributed by atoms with Crippen LogP contribution in [-0.2, 0) is 0 Å². The van der Waals surface area contributed by atoms with Crippen molar-refractivity contribution in [2.75, 3.05) is 19.6 Å². The molecule has 2 nitrogen and oxygen atoms in total. The molecule has 1 rings (SSSR count). The highest BCUT2D eigenvalue weighted by Gasteiger charge is 2.25. The fraction of sp³-hybridized carbons (Fsp3) is 1.00. The molecule has 0 aliphatic carbocycles. The van der Waals surface area contributed by atoms with Crippen LogP contribution in [0.3, 0.4) is 0 Å². The molecule has 1 N–H and O–H groups in total. The maximum absolute atomic E-state index is 3.51. The average molecular weight is 184 g/mol. The monoisotopic (exact) mass is 184 g/mol. The largest absolute Gasteiger partial charge is 0.311 e. The van der Waals surface area contributed by atoms with Gasteiger partial charge in [0, 0.05) is 31.7 Å². The van der Waals surface area contributed by atoms with E-state index in [2.05, 4.69) is 44.8 Å². The zero-order chi connectivity index (χ0) is 10.1. The Kier molecular flexibility index (Phi) is 3.36. The Morgan fingerprint density at radius 3 is 2.46 bits per heavy atom. The molecule has 0 unspecified atom stereocenters. The van der Waals surface area contributed by atoms with E-state index in [1.807, 2.05) is 0 Å². The second-order valence-corrected chi connectivity index (χ2v) is 5.65. The molecule has 0 aromatic carbocycles. The predicted octanol–water partition coefficient (Wildman–Crippen LogP) is 1.71. The van der Waals surface area contributed by atoms with E-state index in [0.717, 1.165) is 6.54 Å². The highest BCUT2D eigenvalue weighted by atomic mass is 15.2. The van der Waals surface area contributed by atoms with Crippen molar-refractivity contribution < 1.29 is 0 Å². The maximum atomic E-state index is 3.51. The smallest absolute Gasteiger partial charge is 0.0193 e. The lowest BCUT2D eigenvalue weighted by Gasteiger charge is -2.40. The minimum atomic E-state index is 0.422. The molecule has 78 valence electrons. The fourth-order valence-corrected chi connectivity index (χ4v) is 1.93. The minimum Gasteiger partial charge on any atom is -0.311 e. The van der Waals surface area contributed by atoms with Gasteiger partial charge in [0.25, 0.3) is 0 Å². The molecule has 0 saturated carbocycles. The van der Waals surface area contributed by atoms with E-state index in [1.54, 1.807) is 0 Å². The second kappa shape index (κ2) is 3.97. The van der Waals surface area contributed by atoms with Crippen molar-refractivity contribution in [1.82, 2.24) is 10.2 Å². The summed E-state index contributed by atoms with van der Waals surface area (Å²) in [7, 11) is 0. The van der Waals surface area contributed by atoms with Gasteiger partial charge in [0.15, 0.2) is 0 Å². The molecule has 0 amide bonds. The number of piperazine rings is 1. The lowest BCUT2D eigenvalue weighted by atomic mass is 9.94. The van der Waals surface area contributed by atoms with E-state index in [0.29, 0.717) is 17.5 Å². The van der Waals surface area contributed by atoms with Crippen LogP contribution in [0.15, 0.2) is 0 Å². The van der Waals surface area contributed by atoms with E-state index in [4.69, 9.17) is 0 Å². The molecule has 1 saturated heterocycles. The molecule has 2 heteroatoms. The van der Waals surface area contributed by atoms with Crippen LogP contribution in [0.5, 0.6) is 0 Å². The summed E-state index contributed by atoms with van der Waals surface area (Å²) < 4.78 is 0. The van der Waals surface area contributed by atoms with Crippen molar-refractivity contribution >= 4 is 0 Å². The van der Waals surface area contributed by atoms with Gasteiger partial charge in [-0.3, -0.25) is 4.90 Å². The fourth-order valence-electron chi connectivity index (χ4n) is 1.93. The van der Waals surface area contributed by atoms with E-state index >= 15 is 0 Å². The summed E-state index contributed by atoms with van der Waals surface area (Å²) in [6, 6.07) is 1.34. The molecular weight excluding hydrogens is 160 g/mol. The summed E-state index contributed by atoms with van der Waals surface area (Å²) in [4.78, 5) is 2.60. The Morgan fingerprint density at radius 1 is 1.31 bits per heavy atom. The van der Waals surface area contributed by atoms with Crippen LogP contribution in [0.2, 0.25) is 0 Å². The summed E-state index contributed by atoms with van der Waals surface area (Å²) in [5.41, 5.74) is 0.422. The molecule has 0 spiro atoms. The highest BCUT2D eigenvalue weighted by molar-refractivity contribution is 4.83. The number of hydrogen-bond donors (Lipinski definition) is 1. The van der Waals surface area contributed by atoms with Crippen LogP contribution >= 0.6 is 0 Å². The third-order valence-electron chi connectivity index (χ3n) is 2.57. The standard InChI is InChI=1S/C11H24N2/c1-9-7-13(8-11(3,4)5)10(2)6-12-9/h9-10,12H,6-8H2,1-5H3/t9-,10+/m1/s1. The number of rotatable bonds is 1. The Labute approximate surface area is 82.7 Å². The summed E-state index contributed by atoms with van der Waals surface area (Å²) in [6.45, 7) is 15.0. The predicted molar refractivity (Wildman–Crippen MR) is 58.0 cm³/mol. The topological polar surface area (TPSA) is 15.3 Å². The molecule has 0 radical (unpaired) electrons. The Hall–Kier alpha value is -0.0800. The van der Waals surface area contributed by atoms with Crippen molar-refractivity contribution in [2.45, 2.75) is 46.7 Å². The van der Waals surface area contributed by atoms with Gasteiger partial charge >= 0.3 is 0 Å². The first-order chi connectivity index (χ1) is 5.88. The third kappa shape index (κ3) is 3.65. The molecule has 0 aromatic heterocycles. The first kappa shape index (κ1) is 11.0. The van der Waals surface area contributed by atoms with Gasteiger partial charge < -0.3 is 5.32 Å². The summed E-state index contributed by atoms with van der Waals surface area (Å²) in [5, 5.41) is 3.51. The maximum Gasteiger partial charge on any atom is 0.0193 e. The lowest BCUT2D eigenvalue weighted by molar-refractivity contribution is 0.103. The first-order valence-electron chi connectivity index (χ1n) is 5.36. The van der Waals surface area contributed by atoms with Crippen LogP contribution in [0, 0.1) is 5.41 Å². The second-order valence-electron chi connectivity index (χ2n) is 5.65. The Morgan fingerprint density at radius 2 is 1.92 bits per heavy atom. The molecule has 2 atom stereocenters. The SMILES string of the molecule is C[C@@H]1CN(CC(C)(C)C)[C@@H](C)CN1. The van der Waals surface area contributed by atoms with Crippen LogP contribution in [-0.4, -0.2) is 36.6 Å². The van der Waals surface area contributed by atoms with E-state index < -0.39 is 0 Å². The molecule has 0 bridgehead atoms. The van der Waals surface area contributed by atoms with Crippen LogP contribution in [0.4, 0.5) is 0 Å². The number of nitrogens with zero attached hydrogens (tertiary/aromatic N) is 1. The van der Waals surface area contributed by atoms with Crippen molar-refractivity contribution in [3.63, 3.8) is 0 Å². The van der Waals surface area contributed by atoms with Gasteiger partial charge in [-0.05, 0) is 19.3 Å². The van der Waals surface area contributed by atoms with Crippen LogP contribution in [0.1, 0.15) is 34.6 Å². The zero-order valence-corrected chi connectivity index (χ0v) is 9.72. The van der Waals surface area contributed by atoms with Gasteiger partial charge in [-0.25, -0.2) is 0 Å². The van der Waals surface area contributed by atoms with Crippen LogP contribution < -0.4 is 5.32 Å². The summed E-state index contributed by atoms with van der Waals surface area (Å²) >= 11 is 0. The summed E-state index contributed by atoms with van der Waals surface area (Å²) in [6.07, 6.45) is 0. The van der Waals surface area contributed by atoms with Gasteiger partial charge in [0.05, 0.1) is 0 Å². The van der Waals surface area contributed by atoms with Crippen molar-refractivity contribution in [2.24, 2.45) is 5.41 Å². The van der Waals surface area contributed by atoms with Gasteiger partial charge in [-0.15, -0.1) is 0 Å². The summed E-state index contributed by atoms with van der Waals surface area (Å²) in [5.74, 6) is 0. The molecule has 13 heavy (non-hydrogen) atoms. The normalized spacial score (nSPS) is 32.1.